The molecule has 0 unspecified atom stereocenters. The van der Waals surface area contributed by atoms with Gasteiger partial charge in [-0.2, -0.15) is 0 Å². The number of non-ortho nitro benzene ring substituents is 1. The maximum atomic E-state index is 13.2. The van der Waals surface area contributed by atoms with Crippen molar-refractivity contribution in [2.45, 2.75) is 13.5 Å². The minimum atomic E-state index is -0.636. The molecule has 2 rings (SSSR count). The molecule has 19 heavy (non-hydrogen) atoms. The number of halogens is 1. The average Bonchev–Trinajstić information content (AvgIpc) is 2.37. The van der Waals surface area contributed by atoms with E-state index >= 15 is 0 Å². The Bertz CT molecular complexity index is 617. The number of rotatable bonds is 4. The van der Waals surface area contributed by atoms with Crippen molar-refractivity contribution in [3.63, 3.8) is 0 Å². The van der Waals surface area contributed by atoms with Crippen molar-refractivity contribution in [1.29, 1.82) is 0 Å². The molecular formula is C13H12FN3O2. The van der Waals surface area contributed by atoms with Gasteiger partial charge in [-0.1, -0.05) is 0 Å². The zero-order valence-corrected chi connectivity index (χ0v) is 10.3. The molecule has 0 saturated heterocycles. The zero-order chi connectivity index (χ0) is 13.8. The van der Waals surface area contributed by atoms with Gasteiger partial charge in [0.15, 0.2) is 0 Å². The van der Waals surface area contributed by atoms with E-state index in [1.165, 1.54) is 12.1 Å². The van der Waals surface area contributed by atoms with E-state index in [0.717, 1.165) is 17.2 Å². The number of aryl methyl sites for hydroxylation is 1. The summed E-state index contributed by atoms with van der Waals surface area (Å²) in [6, 6.07) is 5.27. The van der Waals surface area contributed by atoms with Crippen LogP contribution in [0.1, 0.15) is 11.1 Å². The predicted molar refractivity (Wildman–Crippen MR) is 69.4 cm³/mol. The molecule has 1 heterocycles. The highest BCUT2D eigenvalue weighted by Crippen LogP contribution is 2.20. The number of nitro benzene ring substituents is 1. The van der Waals surface area contributed by atoms with Crippen LogP contribution in [0.15, 0.2) is 36.7 Å². The predicted octanol–water partition coefficient (Wildman–Crippen LogP) is 3.05. The standard InChI is InChI=1S/C13H12FN3O2/c1-9-7-15-3-2-10(9)8-16-12-4-11(14)5-13(6-12)17(18)19/h2-7,16H,8H2,1H3. The van der Waals surface area contributed by atoms with E-state index in [-0.39, 0.29) is 5.69 Å². The van der Waals surface area contributed by atoms with Gasteiger partial charge in [-0.25, -0.2) is 4.39 Å². The Balaban J connectivity index is 2.16. The number of anilines is 1. The van der Waals surface area contributed by atoms with E-state index in [0.29, 0.717) is 12.2 Å². The van der Waals surface area contributed by atoms with Crippen LogP contribution >= 0.6 is 0 Å². The first-order valence-electron chi connectivity index (χ1n) is 5.64. The second-order valence-corrected chi connectivity index (χ2v) is 4.11. The molecule has 5 nitrogen and oxygen atoms in total. The van der Waals surface area contributed by atoms with Gasteiger partial charge in [0.05, 0.1) is 11.0 Å². The molecule has 6 heteroatoms. The molecule has 1 aromatic heterocycles. The van der Waals surface area contributed by atoms with Crippen molar-refractivity contribution in [3.05, 3.63) is 63.7 Å². The van der Waals surface area contributed by atoms with Crippen LogP contribution < -0.4 is 5.32 Å². The average molecular weight is 261 g/mol. The number of hydrogen-bond donors (Lipinski definition) is 1. The molecule has 2 aromatic rings. The Labute approximate surface area is 109 Å². The SMILES string of the molecule is Cc1cnccc1CNc1cc(F)cc([N+](=O)[O-])c1. The Hall–Kier alpha value is -2.50. The normalized spacial score (nSPS) is 10.2. The summed E-state index contributed by atoms with van der Waals surface area (Å²) in [6.45, 7) is 2.37. The van der Waals surface area contributed by atoms with Crippen molar-refractivity contribution in [3.8, 4) is 0 Å². The summed E-state index contributed by atoms with van der Waals surface area (Å²) in [6.07, 6.45) is 3.39. The first-order chi connectivity index (χ1) is 9.06. The first-order valence-corrected chi connectivity index (χ1v) is 5.64. The van der Waals surface area contributed by atoms with Gasteiger partial charge in [-0.05, 0) is 30.2 Å². The summed E-state index contributed by atoms with van der Waals surface area (Å²) in [7, 11) is 0. The Morgan fingerprint density at radius 1 is 1.42 bits per heavy atom. The van der Waals surface area contributed by atoms with Crippen LogP contribution in [0.3, 0.4) is 0 Å². The van der Waals surface area contributed by atoms with Gasteiger partial charge in [0.1, 0.15) is 5.82 Å². The summed E-state index contributed by atoms with van der Waals surface area (Å²) in [5.41, 5.74) is 2.11. The molecule has 0 bridgehead atoms. The molecule has 0 fully saturated rings. The largest absolute Gasteiger partial charge is 0.381 e. The fourth-order valence-corrected chi connectivity index (χ4v) is 1.68. The highest BCUT2D eigenvalue weighted by atomic mass is 19.1. The molecule has 1 aromatic carbocycles. The van der Waals surface area contributed by atoms with Crippen LogP contribution in [0.25, 0.3) is 0 Å². The maximum Gasteiger partial charge on any atom is 0.274 e. The third-order valence-electron chi connectivity index (χ3n) is 2.71. The Kier molecular flexibility index (Phi) is 3.70. The van der Waals surface area contributed by atoms with Gasteiger partial charge < -0.3 is 5.32 Å². The second-order valence-electron chi connectivity index (χ2n) is 4.11. The molecule has 0 amide bonds. The van der Waals surface area contributed by atoms with E-state index < -0.39 is 10.7 Å². The Morgan fingerprint density at radius 2 is 2.21 bits per heavy atom. The van der Waals surface area contributed by atoms with E-state index in [9.17, 15) is 14.5 Å². The van der Waals surface area contributed by atoms with E-state index in [2.05, 4.69) is 10.3 Å². The van der Waals surface area contributed by atoms with E-state index in [1.54, 1.807) is 12.4 Å². The zero-order valence-electron chi connectivity index (χ0n) is 10.3. The summed E-state index contributed by atoms with van der Waals surface area (Å²) < 4.78 is 13.2. The molecular weight excluding hydrogens is 249 g/mol. The van der Waals surface area contributed by atoms with Crippen LogP contribution in [-0.4, -0.2) is 9.91 Å². The third kappa shape index (κ3) is 3.25. The number of nitrogens with zero attached hydrogens (tertiary/aromatic N) is 2. The fraction of sp³-hybridized carbons (Fsp3) is 0.154. The molecule has 0 atom stereocenters. The van der Waals surface area contributed by atoms with Crippen LogP contribution in [0.4, 0.5) is 15.8 Å². The van der Waals surface area contributed by atoms with Crippen LogP contribution in [0.5, 0.6) is 0 Å². The van der Waals surface area contributed by atoms with Gasteiger partial charge in [-0.3, -0.25) is 15.1 Å². The molecule has 0 spiro atoms. The summed E-state index contributed by atoms with van der Waals surface area (Å²) in [5.74, 6) is -0.636. The highest BCUT2D eigenvalue weighted by Gasteiger charge is 2.09. The van der Waals surface area contributed by atoms with Gasteiger partial charge >= 0.3 is 0 Å². The number of hydrogen-bond acceptors (Lipinski definition) is 4. The highest BCUT2D eigenvalue weighted by molar-refractivity contribution is 5.52. The number of nitro groups is 1. The van der Waals surface area contributed by atoms with Crippen molar-refractivity contribution >= 4 is 11.4 Å². The number of aromatic nitrogens is 1. The number of pyridine rings is 1. The third-order valence-corrected chi connectivity index (χ3v) is 2.71. The van der Waals surface area contributed by atoms with Crippen LogP contribution in [0.2, 0.25) is 0 Å². The number of nitrogens with one attached hydrogen (secondary N) is 1. The molecule has 0 aliphatic carbocycles. The smallest absolute Gasteiger partial charge is 0.274 e. The molecule has 0 aliphatic rings. The first kappa shape index (κ1) is 12.9. The monoisotopic (exact) mass is 261 g/mol. The van der Waals surface area contributed by atoms with E-state index in [4.69, 9.17) is 0 Å². The molecule has 0 radical (unpaired) electrons. The molecule has 0 aliphatic heterocycles. The van der Waals surface area contributed by atoms with Crippen molar-refractivity contribution < 1.29 is 9.31 Å². The maximum absolute atomic E-state index is 13.2. The van der Waals surface area contributed by atoms with Gasteiger partial charge in [0.25, 0.3) is 5.69 Å². The van der Waals surface area contributed by atoms with Crippen LogP contribution in [-0.2, 0) is 6.54 Å². The fourth-order valence-electron chi connectivity index (χ4n) is 1.68. The lowest BCUT2D eigenvalue weighted by Crippen LogP contribution is -2.02. The Morgan fingerprint density at radius 3 is 2.89 bits per heavy atom. The lowest BCUT2D eigenvalue weighted by Gasteiger charge is -2.08. The minimum Gasteiger partial charge on any atom is -0.381 e. The second kappa shape index (κ2) is 5.43. The quantitative estimate of drug-likeness (QED) is 0.678. The topological polar surface area (TPSA) is 68.1 Å². The lowest BCUT2D eigenvalue weighted by molar-refractivity contribution is -0.385. The molecule has 0 saturated carbocycles. The van der Waals surface area contributed by atoms with Crippen LogP contribution in [0, 0.1) is 22.9 Å². The number of benzene rings is 1. The van der Waals surface area contributed by atoms with E-state index in [1.807, 2.05) is 13.0 Å². The van der Waals surface area contributed by atoms with Gasteiger partial charge in [0.2, 0.25) is 0 Å². The van der Waals surface area contributed by atoms with Crippen molar-refractivity contribution in [2.75, 3.05) is 5.32 Å². The van der Waals surface area contributed by atoms with Crippen molar-refractivity contribution in [2.24, 2.45) is 0 Å². The summed E-state index contributed by atoms with van der Waals surface area (Å²) in [4.78, 5) is 14.0. The van der Waals surface area contributed by atoms with Gasteiger partial charge in [-0.15, -0.1) is 0 Å². The summed E-state index contributed by atoms with van der Waals surface area (Å²) in [5, 5.41) is 13.6. The molecule has 98 valence electrons. The van der Waals surface area contributed by atoms with Crippen molar-refractivity contribution in [1.82, 2.24) is 4.98 Å². The lowest BCUT2D eigenvalue weighted by atomic mass is 10.1. The van der Waals surface area contributed by atoms with Gasteiger partial charge in [0, 0.05) is 30.7 Å². The summed E-state index contributed by atoms with van der Waals surface area (Å²) >= 11 is 0. The minimum absolute atomic E-state index is 0.269. The molecule has 1 N–H and O–H groups in total.